The van der Waals surface area contributed by atoms with Crippen LogP contribution in [0.3, 0.4) is 0 Å². The van der Waals surface area contributed by atoms with Crippen LogP contribution in [-0.4, -0.2) is 90.2 Å². The van der Waals surface area contributed by atoms with Crippen molar-refractivity contribution in [1.82, 2.24) is 39.5 Å². The van der Waals surface area contributed by atoms with Gasteiger partial charge in [-0.25, -0.2) is 19.9 Å². The van der Waals surface area contributed by atoms with E-state index >= 15 is 0 Å². The highest BCUT2D eigenvalue weighted by atomic mass is 16.4. The summed E-state index contributed by atoms with van der Waals surface area (Å²) in [7, 11) is 0. The summed E-state index contributed by atoms with van der Waals surface area (Å²) in [4.78, 5) is 33.3. The topological polar surface area (TPSA) is 130 Å². The molecule has 16 nitrogen and oxygen atoms in total. The van der Waals surface area contributed by atoms with Crippen LogP contribution in [0.2, 0.25) is 0 Å². The number of aromatic nitrogens is 4. The average molecular weight is 1400 g/mol. The SMILES string of the molecule is [2H]C(C)(C)c1ccc2c(n1)oc1c(N3C=CN(C([2H])(C)C)[C@@H]3C)c(C)ccc12.[2H]C(C)(C)c1ccc2c(n1)oc1c(N3C=CN(C([2H])([2H])C)[C@@H]3C)c(C)ccc12.[2H]C(C)(C)c1ccc2c(n1)oc1c(N3C=CN(C([2H])([2H])[2H])[C@@H]3C)c(C)ccc12.[2H]C(C)(C)c1ccc2c(n1)oc1c(N3C=CN(CC(C)(C([2H])([2H])[2H])C([2H])([2H])[2H])[C@@H]3C)c(C)ccc12. The van der Waals surface area contributed by atoms with Crippen molar-refractivity contribution in [3.05, 3.63) is 192 Å². The first-order valence-corrected chi connectivity index (χ1v) is 35.2. The highest BCUT2D eigenvalue weighted by molar-refractivity contribution is 6.12. The van der Waals surface area contributed by atoms with Gasteiger partial charge in [-0.15, -0.1) is 0 Å². The molecule has 4 aliphatic heterocycles. The molecule has 0 unspecified atom stereocenters. The third kappa shape index (κ3) is 13.3. The number of pyridine rings is 4. The Morgan fingerprint density at radius 3 is 0.990 bits per heavy atom. The molecule has 8 aromatic heterocycles. The molecule has 0 bridgehead atoms. The molecule has 16 heteroatoms. The predicted molar refractivity (Wildman–Crippen MR) is 429 cm³/mol. The predicted octanol–water partition coefficient (Wildman–Crippen LogP) is 22.5. The van der Waals surface area contributed by atoms with Crippen molar-refractivity contribution in [2.24, 2.45) is 5.41 Å². The fourth-order valence-electron chi connectivity index (χ4n) is 14.1. The summed E-state index contributed by atoms with van der Waals surface area (Å²) in [5.74, 6) is -3.27. The van der Waals surface area contributed by atoms with Crippen molar-refractivity contribution in [2.45, 2.75) is 206 Å². The summed E-state index contributed by atoms with van der Waals surface area (Å²) < 4.78 is 153. The molecule has 12 heterocycles. The molecule has 4 aliphatic rings. The lowest BCUT2D eigenvalue weighted by Crippen LogP contribution is -2.40. The minimum absolute atomic E-state index is 0.000655. The van der Waals surface area contributed by atoms with Crippen molar-refractivity contribution in [3.63, 3.8) is 0 Å². The quantitative estimate of drug-likeness (QED) is 0.122. The zero-order chi connectivity index (χ0) is 87.4. The van der Waals surface area contributed by atoms with Crippen molar-refractivity contribution in [3.8, 4) is 0 Å². The molecule has 0 radical (unpaired) electrons. The van der Waals surface area contributed by atoms with Gasteiger partial charge in [-0.3, -0.25) is 0 Å². The second-order valence-electron chi connectivity index (χ2n) is 28.8. The van der Waals surface area contributed by atoms with Gasteiger partial charge >= 0.3 is 0 Å². The van der Waals surface area contributed by atoms with E-state index in [-0.39, 0.29) is 31.2 Å². The van der Waals surface area contributed by atoms with Gasteiger partial charge < -0.3 is 56.9 Å². The second-order valence-corrected chi connectivity index (χ2v) is 28.8. The number of nitrogens with zero attached hydrogens (tertiary/aromatic N) is 12. The summed E-state index contributed by atoms with van der Waals surface area (Å²) in [5, 5.41) is 7.40. The number of furan rings is 4. The van der Waals surface area contributed by atoms with Crippen LogP contribution in [0, 0.1) is 33.1 Å². The smallest absolute Gasteiger partial charge is 0.227 e. The Hall–Kier alpha value is -9.96. The van der Waals surface area contributed by atoms with Crippen LogP contribution in [0.15, 0.2) is 164 Å². The van der Waals surface area contributed by atoms with Gasteiger partial charge in [0.2, 0.25) is 22.9 Å². The second kappa shape index (κ2) is 28.0. The van der Waals surface area contributed by atoms with Crippen LogP contribution in [0.1, 0.15) is 215 Å². The van der Waals surface area contributed by atoms with Crippen LogP contribution >= 0.6 is 0 Å². The summed E-state index contributed by atoms with van der Waals surface area (Å²) in [6, 6.07) is 30.9. The van der Waals surface area contributed by atoms with Crippen molar-refractivity contribution < 1.29 is 39.6 Å². The molecular weight excluding hydrogens is 1280 g/mol. The highest BCUT2D eigenvalue weighted by Gasteiger charge is 2.33. The van der Waals surface area contributed by atoms with Gasteiger partial charge in [0.05, 0.1) is 24.1 Å². The summed E-state index contributed by atoms with van der Waals surface area (Å²) >= 11 is 0. The van der Waals surface area contributed by atoms with E-state index in [0.29, 0.717) is 56.8 Å². The van der Waals surface area contributed by atoms with Crippen molar-refractivity contribution in [2.75, 3.05) is 39.6 Å². The Labute approximate surface area is 631 Å². The summed E-state index contributed by atoms with van der Waals surface area (Å²) in [5.41, 5.74) is 13.2. The fourth-order valence-corrected chi connectivity index (χ4v) is 14.1. The number of rotatable bonds is 11. The monoisotopic (exact) mass is 1400 g/mol. The molecule has 16 rings (SSSR count). The van der Waals surface area contributed by atoms with Gasteiger partial charge in [0.1, 0.15) is 24.7 Å². The largest absolute Gasteiger partial charge is 0.435 e. The van der Waals surface area contributed by atoms with E-state index in [0.717, 1.165) is 99.3 Å². The van der Waals surface area contributed by atoms with Crippen LogP contribution in [0.25, 0.3) is 88.3 Å². The van der Waals surface area contributed by atoms with E-state index in [1.165, 1.54) is 11.8 Å². The standard InChI is InChI=1S/C24H31N3O.C22H27N3O.C21H25N3O.C20H23N3O/c1-15(2)20-11-10-19-18-9-8-16(3)21(22(18)28-23(19)25-20)27-13-12-26(17(27)4)14-24(5,6)7;1-13(2)19-10-9-18-17-8-7-15(5)20(21(17)26-22(18)23-19)25-12-11-24(14(3)4)16(25)6;1-6-23-11-12-24(15(23)5)19-14(4)7-8-16-17-9-10-18(13(2)3)22-21(17)25-20(16)19;1-12(2)17-9-8-16-15-7-6-13(3)18(19(15)24-20(16)21-17)23-11-10-22(5)14(23)4/h8-13,15,17H,14H2,1-7H3;7-14,16H,1-6H3;7-13,15H,6H2,1-5H3;6-12,14H,1-5H3/t17-;16-;15-;14-/m0000/s1/i5D3,6D3,15D;13D,14D;6D2,13D;5D3,12D. The van der Waals surface area contributed by atoms with E-state index in [9.17, 15) is 0 Å². The average Bonchev–Trinajstić information content (AvgIpc) is 1.67. The van der Waals surface area contributed by atoms with E-state index in [2.05, 4.69) is 56.9 Å². The Morgan fingerprint density at radius 1 is 0.398 bits per heavy atom. The van der Waals surface area contributed by atoms with E-state index < -0.39 is 62.2 Å². The number of hydrogen-bond acceptors (Lipinski definition) is 16. The maximum absolute atomic E-state index is 8.40. The molecule has 0 N–H and O–H groups in total. The first-order valence-electron chi connectivity index (χ1n) is 43.2. The number of hydrogen-bond donors (Lipinski definition) is 0. The van der Waals surface area contributed by atoms with E-state index in [1.807, 2.05) is 206 Å². The molecule has 0 fully saturated rings. The van der Waals surface area contributed by atoms with Crippen LogP contribution in [0.4, 0.5) is 22.7 Å². The molecule has 0 spiro atoms. The molecule has 4 aromatic carbocycles. The van der Waals surface area contributed by atoms with Crippen LogP contribution in [0.5, 0.6) is 0 Å². The normalized spacial score (nSPS) is 21.0. The fraction of sp³-hybridized carbons (Fsp3) is 0.402. The molecule has 0 saturated heterocycles. The maximum Gasteiger partial charge on any atom is 0.227 e. The highest BCUT2D eigenvalue weighted by Crippen LogP contribution is 2.45. The number of benzene rings is 4. The zero-order valence-corrected chi connectivity index (χ0v) is 62.9. The van der Waals surface area contributed by atoms with Gasteiger partial charge in [0.25, 0.3) is 0 Å². The first-order chi connectivity index (χ1) is 54.9. The molecule has 4 atom stereocenters. The molecule has 103 heavy (non-hydrogen) atoms. The third-order valence-electron chi connectivity index (χ3n) is 20.0. The molecule has 0 amide bonds. The summed E-state index contributed by atoms with van der Waals surface area (Å²) in [6.07, 6.45) is 13.7. The van der Waals surface area contributed by atoms with Gasteiger partial charge in [0.15, 0.2) is 22.3 Å². The Kier molecular flexibility index (Phi) is 14.6. The minimum Gasteiger partial charge on any atom is -0.435 e. The van der Waals surface area contributed by atoms with Gasteiger partial charge in [-0.1, -0.05) is 125 Å². The maximum atomic E-state index is 8.40. The lowest BCUT2D eigenvalue weighted by molar-refractivity contribution is 0.221. The number of aryl methyl sites for hydroxylation is 4. The molecule has 0 aliphatic carbocycles. The molecule has 12 aromatic rings. The molecular formula is C87H106N12O4. The van der Waals surface area contributed by atoms with E-state index in [4.69, 9.17) is 39.6 Å². The lowest BCUT2D eigenvalue weighted by atomic mass is 9.96. The Morgan fingerprint density at radius 2 is 0.699 bits per heavy atom. The molecule has 0 saturated carbocycles. The Balaban J connectivity index is 0.000000138. The van der Waals surface area contributed by atoms with Crippen LogP contribution < -0.4 is 19.6 Å². The first kappa shape index (κ1) is 53.8. The van der Waals surface area contributed by atoms with Gasteiger partial charge in [-0.2, -0.15) is 0 Å². The minimum atomic E-state index is -2.66. The van der Waals surface area contributed by atoms with Gasteiger partial charge in [-0.05, 0) is 176 Å². The lowest BCUT2D eigenvalue weighted by Gasteiger charge is -2.34. The van der Waals surface area contributed by atoms with Crippen molar-refractivity contribution in [1.29, 1.82) is 0 Å². The molecule has 538 valence electrons. The summed E-state index contributed by atoms with van der Waals surface area (Å²) in [6.45, 7) is 27.7. The third-order valence-corrected chi connectivity index (χ3v) is 20.0. The number of anilines is 4. The zero-order valence-electron chi connectivity index (χ0n) is 78.9. The van der Waals surface area contributed by atoms with E-state index in [1.54, 1.807) is 69.2 Å². The van der Waals surface area contributed by atoms with Gasteiger partial charge in [0, 0.05) is 162 Å². The number of fused-ring (bicyclic) bond motifs is 12. The Bertz CT molecular complexity index is 5600. The van der Waals surface area contributed by atoms with Crippen molar-refractivity contribution >= 4 is 111 Å². The van der Waals surface area contributed by atoms with Crippen LogP contribution in [-0.2, 0) is 0 Å².